The monoisotopic (exact) mass is 214 g/mol. The maximum absolute atomic E-state index is 10.2. The molecule has 2 saturated heterocycles. The number of likely N-dealkylation sites (N-methyl/N-ethyl adjacent to an activating group) is 1. The predicted molar refractivity (Wildman–Crippen MR) is 58.9 cm³/mol. The van der Waals surface area contributed by atoms with E-state index < -0.39 is 5.60 Å². The number of hydrogen-bond acceptors (Lipinski definition) is 4. The van der Waals surface area contributed by atoms with Crippen LogP contribution in [-0.4, -0.2) is 62.0 Å². The Bertz CT molecular complexity index is 199. The quantitative estimate of drug-likeness (QED) is 0.673. The molecule has 2 rings (SSSR count). The summed E-state index contributed by atoms with van der Waals surface area (Å²) in [6.07, 6.45) is 2.04. The Morgan fingerprint density at radius 1 is 1.60 bits per heavy atom. The number of rotatable bonds is 4. The van der Waals surface area contributed by atoms with Gasteiger partial charge in [0.1, 0.15) is 0 Å². The number of hydrogen-bond donors (Lipinski definition) is 2. The van der Waals surface area contributed by atoms with Crippen molar-refractivity contribution in [3.8, 4) is 0 Å². The molecular weight excluding hydrogens is 192 g/mol. The summed E-state index contributed by atoms with van der Waals surface area (Å²) in [5.41, 5.74) is -0.506. The molecule has 15 heavy (non-hydrogen) atoms. The van der Waals surface area contributed by atoms with Crippen molar-refractivity contribution in [2.75, 3.05) is 46.4 Å². The highest BCUT2D eigenvalue weighted by atomic mass is 16.5. The largest absolute Gasteiger partial charge is 0.387 e. The Labute approximate surface area is 91.6 Å². The first kappa shape index (κ1) is 11.3. The zero-order chi connectivity index (χ0) is 10.7. The molecule has 2 aliphatic heterocycles. The number of aliphatic hydroxyl groups is 1. The lowest BCUT2D eigenvalue weighted by molar-refractivity contribution is 0.0240. The molecule has 2 unspecified atom stereocenters. The van der Waals surface area contributed by atoms with E-state index in [4.69, 9.17) is 4.74 Å². The van der Waals surface area contributed by atoms with Crippen LogP contribution in [0.2, 0.25) is 0 Å². The molecule has 0 aromatic carbocycles. The molecule has 0 aromatic heterocycles. The molecular formula is C11H22N2O2. The molecule has 4 nitrogen and oxygen atoms in total. The Morgan fingerprint density at radius 2 is 2.47 bits per heavy atom. The normalized spacial score (nSPS) is 36.6. The summed E-state index contributed by atoms with van der Waals surface area (Å²) >= 11 is 0. The second-order valence-electron chi connectivity index (χ2n) is 5.08. The molecule has 4 heteroatoms. The van der Waals surface area contributed by atoms with Crippen LogP contribution in [-0.2, 0) is 4.74 Å². The van der Waals surface area contributed by atoms with Gasteiger partial charge in [-0.1, -0.05) is 0 Å². The second-order valence-corrected chi connectivity index (χ2v) is 5.08. The zero-order valence-corrected chi connectivity index (χ0v) is 9.54. The lowest BCUT2D eigenvalue weighted by Crippen LogP contribution is -2.44. The smallest absolute Gasteiger partial charge is 0.0909 e. The maximum Gasteiger partial charge on any atom is 0.0909 e. The Hall–Kier alpha value is -0.160. The molecule has 0 bridgehead atoms. The van der Waals surface area contributed by atoms with Crippen molar-refractivity contribution >= 4 is 0 Å². The van der Waals surface area contributed by atoms with Crippen LogP contribution in [0.4, 0.5) is 0 Å². The van der Waals surface area contributed by atoms with Crippen molar-refractivity contribution in [2.45, 2.75) is 18.4 Å². The van der Waals surface area contributed by atoms with E-state index >= 15 is 0 Å². The maximum atomic E-state index is 10.2. The van der Waals surface area contributed by atoms with Crippen molar-refractivity contribution in [3.05, 3.63) is 0 Å². The topological polar surface area (TPSA) is 44.7 Å². The molecule has 2 heterocycles. The number of nitrogens with zero attached hydrogens (tertiary/aromatic N) is 1. The van der Waals surface area contributed by atoms with Crippen LogP contribution in [0.5, 0.6) is 0 Å². The van der Waals surface area contributed by atoms with E-state index in [0.717, 1.165) is 45.8 Å². The van der Waals surface area contributed by atoms with E-state index in [2.05, 4.69) is 17.3 Å². The van der Waals surface area contributed by atoms with Gasteiger partial charge in [0.05, 0.1) is 12.2 Å². The highest BCUT2D eigenvalue weighted by molar-refractivity contribution is 4.90. The van der Waals surface area contributed by atoms with Crippen LogP contribution < -0.4 is 5.32 Å². The van der Waals surface area contributed by atoms with Crippen LogP contribution in [0.3, 0.4) is 0 Å². The lowest BCUT2D eigenvalue weighted by Gasteiger charge is -2.29. The third kappa shape index (κ3) is 3.14. The van der Waals surface area contributed by atoms with Crippen molar-refractivity contribution in [2.24, 2.45) is 5.92 Å². The molecule has 2 aliphatic rings. The molecule has 0 spiro atoms. The molecule has 88 valence electrons. The summed E-state index contributed by atoms with van der Waals surface area (Å²) in [6.45, 7) is 5.29. The van der Waals surface area contributed by atoms with Gasteiger partial charge in [-0.15, -0.1) is 0 Å². The van der Waals surface area contributed by atoms with Gasteiger partial charge in [-0.3, -0.25) is 0 Å². The third-order valence-electron chi connectivity index (χ3n) is 3.38. The van der Waals surface area contributed by atoms with Crippen LogP contribution in [0, 0.1) is 5.92 Å². The molecule has 0 amide bonds. The van der Waals surface area contributed by atoms with Crippen LogP contribution >= 0.6 is 0 Å². The van der Waals surface area contributed by atoms with E-state index in [1.165, 1.54) is 6.42 Å². The van der Waals surface area contributed by atoms with Gasteiger partial charge in [-0.05, 0) is 32.4 Å². The molecule has 2 N–H and O–H groups in total. The Balaban J connectivity index is 1.73. The minimum Gasteiger partial charge on any atom is -0.387 e. The second kappa shape index (κ2) is 4.78. The van der Waals surface area contributed by atoms with Gasteiger partial charge in [0.15, 0.2) is 0 Å². The summed E-state index contributed by atoms with van der Waals surface area (Å²) in [4.78, 5) is 2.24. The van der Waals surface area contributed by atoms with Crippen molar-refractivity contribution in [3.63, 3.8) is 0 Å². The number of nitrogens with one attached hydrogen (secondary N) is 1. The fourth-order valence-corrected chi connectivity index (χ4v) is 2.60. The minimum atomic E-state index is -0.506. The molecule has 0 radical (unpaired) electrons. The minimum absolute atomic E-state index is 0.506. The first-order chi connectivity index (χ1) is 7.18. The van der Waals surface area contributed by atoms with Gasteiger partial charge >= 0.3 is 0 Å². The van der Waals surface area contributed by atoms with Crippen LogP contribution in [0.15, 0.2) is 0 Å². The standard InChI is InChI=1S/C11H22N2O2/c1-13(6-10-2-5-15-7-10)9-11(14)3-4-12-8-11/h10,12,14H,2-9H2,1H3. The van der Waals surface area contributed by atoms with Gasteiger partial charge in [0.25, 0.3) is 0 Å². The molecule has 2 atom stereocenters. The first-order valence-corrected chi connectivity index (χ1v) is 5.87. The summed E-state index contributed by atoms with van der Waals surface area (Å²) in [6, 6.07) is 0. The van der Waals surface area contributed by atoms with Crippen LogP contribution in [0.25, 0.3) is 0 Å². The Kier molecular flexibility index (Phi) is 3.61. The zero-order valence-electron chi connectivity index (χ0n) is 9.54. The van der Waals surface area contributed by atoms with Crippen LogP contribution in [0.1, 0.15) is 12.8 Å². The molecule has 0 aliphatic carbocycles. The van der Waals surface area contributed by atoms with Crippen molar-refractivity contribution < 1.29 is 9.84 Å². The summed E-state index contributed by atoms with van der Waals surface area (Å²) in [7, 11) is 2.09. The van der Waals surface area contributed by atoms with Gasteiger partial charge in [-0.25, -0.2) is 0 Å². The van der Waals surface area contributed by atoms with E-state index in [0.29, 0.717) is 5.92 Å². The number of ether oxygens (including phenoxy) is 1. The fraction of sp³-hybridized carbons (Fsp3) is 1.00. The van der Waals surface area contributed by atoms with Gasteiger partial charge in [0, 0.05) is 26.2 Å². The van der Waals surface area contributed by atoms with E-state index in [1.54, 1.807) is 0 Å². The number of β-amino-alcohol motifs (C(OH)–C–C–N with tert-alkyl or cyclic N) is 1. The third-order valence-corrected chi connectivity index (χ3v) is 3.38. The van der Waals surface area contributed by atoms with E-state index in [-0.39, 0.29) is 0 Å². The van der Waals surface area contributed by atoms with Crippen molar-refractivity contribution in [1.82, 2.24) is 10.2 Å². The SMILES string of the molecule is CN(CC1CCOC1)CC1(O)CCNC1. The summed E-state index contributed by atoms with van der Waals surface area (Å²) < 4.78 is 5.35. The van der Waals surface area contributed by atoms with Gasteiger partial charge in [-0.2, -0.15) is 0 Å². The fourth-order valence-electron chi connectivity index (χ4n) is 2.60. The summed E-state index contributed by atoms with van der Waals surface area (Å²) in [5.74, 6) is 0.660. The van der Waals surface area contributed by atoms with E-state index in [1.807, 2.05) is 0 Å². The van der Waals surface area contributed by atoms with Crippen molar-refractivity contribution in [1.29, 1.82) is 0 Å². The highest BCUT2D eigenvalue weighted by Gasteiger charge is 2.32. The lowest BCUT2D eigenvalue weighted by atomic mass is 10.0. The molecule has 0 aromatic rings. The average Bonchev–Trinajstić information content (AvgIpc) is 2.76. The Morgan fingerprint density at radius 3 is 3.07 bits per heavy atom. The van der Waals surface area contributed by atoms with Gasteiger partial charge < -0.3 is 20.1 Å². The first-order valence-electron chi connectivity index (χ1n) is 5.87. The van der Waals surface area contributed by atoms with Gasteiger partial charge in [0.2, 0.25) is 0 Å². The predicted octanol–water partition coefficient (Wildman–Crippen LogP) is -0.321. The van der Waals surface area contributed by atoms with E-state index in [9.17, 15) is 5.11 Å². The average molecular weight is 214 g/mol. The highest BCUT2D eigenvalue weighted by Crippen LogP contribution is 2.18. The molecule has 2 fully saturated rings. The molecule has 0 saturated carbocycles. The summed E-state index contributed by atoms with van der Waals surface area (Å²) in [5, 5.41) is 13.4.